The number of pyridine rings is 1. The van der Waals surface area contributed by atoms with E-state index in [-0.39, 0.29) is 0 Å². The lowest BCUT2D eigenvalue weighted by Gasteiger charge is -1.99. The van der Waals surface area contributed by atoms with Gasteiger partial charge in [0.15, 0.2) is 0 Å². The van der Waals surface area contributed by atoms with Crippen LogP contribution in [0.4, 0.5) is 0 Å². The zero-order valence-electron chi connectivity index (χ0n) is 13.7. The van der Waals surface area contributed by atoms with Gasteiger partial charge >= 0.3 is 0 Å². The van der Waals surface area contributed by atoms with Crippen molar-refractivity contribution in [3.8, 4) is 11.3 Å². The third-order valence-corrected chi connectivity index (χ3v) is 4.39. The fourth-order valence-corrected chi connectivity index (χ4v) is 3.20. The van der Waals surface area contributed by atoms with Gasteiger partial charge in [-0.3, -0.25) is 5.10 Å². The first-order chi connectivity index (χ1) is 12.3. The summed E-state index contributed by atoms with van der Waals surface area (Å²) in [5, 5.41) is 8.20. The van der Waals surface area contributed by atoms with Crippen molar-refractivity contribution in [2.75, 3.05) is 0 Å². The van der Waals surface area contributed by atoms with E-state index in [4.69, 9.17) is 0 Å². The Morgan fingerprint density at radius 2 is 2.04 bits per heavy atom. The molecular formula is C19H16N6. The van der Waals surface area contributed by atoms with Crippen LogP contribution in [0.3, 0.4) is 0 Å². The molecule has 0 aliphatic carbocycles. The van der Waals surface area contributed by atoms with Crippen LogP contribution in [0.1, 0.15) is 11.3 Å². The average Bonchev–Trinajstić information content (AvgIpc) is 3.32. The molecule has 0 aliphatic heterocycles. The van der Waals surface area contributed by atoms with Crippen molar-refractivity contribution in [3.63, 3.8) is 0 Å². The number of aryl methyl sites for hydroxylation is 1. The Balaban J connectivity index is 1.48. The number of fused-ring (bicyclic) bond motifs is 2. The molecule has 6 nitrogen and oxygen atoms in total. The highest BCUT2D eigenvalue weighted by Crippen LogP contribution is 2.26. The Bertz CT molecular complexity index is 1190. The first-order valence-corrected chi connectivity index (χ1v) is 8.15. The highest BCUT2D eigenvalue weighted by atomic mass is 15.1. The third-order valence-electron chi connectivity index (χ3n) is 4.39. The summed E-state index contributed by atoms with van der Waals surface area (Å²) in [4.78, 5) is 9.24. The third kappa shape index (κ3) is 2.39. The van der Waals surface area contributed by atoms with Gasteiger partial charge in [0.05, 0.1) is 36.0 Å². The van der Waals surface area contributed by atoms with E-state index in [9.17, 15) is 0 Å². The molecule has 1 N–H and O–H groups in total. The molecule has 122 valence electrons. The number of nitrogens with one attached hydrogen (secondary N) is 1. The number of aromatic nitrogens is 6. The van der Waals surface area contributed by atoms with Crippen LogP contribution < -0.4 is 0 Å². The standard InChI is InChI=1S/C19H16N6/c1-13-5-6-19-22-14(10-25(19)8-13)9-24-11-18(20-12-24)15-3-2-4-17-16(15)7-21-23-17/h2-8,10-12H,9H2,1H3,(H,21,23). The largest absolute Gasteiger partial charge is 0.331 e. The molecular weight excluding hydrogens is 312 g/mol. The minimum absolute atomic E-state index is 0.690. The molecule has 0 aliphatic rings. The summed E-state index contributed by atoms with van der Waals surface area (Å²) in [6.07, 6.45) is 9.90. The number of H-pyrrole nitrogens is 1. The summed E-state index contributed by atoms with van der Waals surface area (Å²) in [6.45, 7) is 2.77. The highest BCUT2D eigenvalue weighted by molar-refractivity contribution is 5.93. The Kier molecular flexibility index (Phi) is 2.97. The molecule has 0 saturated heterocycles. The molecule has 5 aromatic rings. The summed E-state index contributed by atoms with van der Waals surface area (Å²) in [7, 11) is 0. The van der Waals surface area contributed by atoms with E-state index in [2.05, 4.69) is 66.8 Å². The van der Waals surface area contributed by atoms with E-state index in [0.29, 0.717) is 6.54 Å². The van der Waals surface area contributed by atoms with E-state index in [0.717, 1.165) is 33.5 Å². The Morgan fingerprint density at radius 3 is 3.00 bits per heavy atom. The molecule has 0 fully saturated rings. The molecule has 4 heterocycles. The summed E-state index contributed by atoms with van der Waals surface area (Å²) in [5.74, 6) is 0. The fourth-order valence-electron chi connectivity index (χ4n) is 3.20. The SMILES string of the molecule is Cc1ccc2nc(Cn3cnc(-c4cccc5[nH]ncc45)c3)cn2c1. The second kappa shape index (κ2) is 5.31. The topological polar surface area (TPSA) is 63.8 Å². The fraction of sp³-hybridized carbons (Fsp3) is 0.105. The van der Waals surface area contributed by atoms with Crippen molar-refractivity contribution in [3.05, 3.63) is 72.7 Å². The van der Waals surface area contributed by atoms with E-state index in [1.54, 1.807) is 0 Å². The zero-order chi connectivity index (χ0) is 16.8. The maximum absolute atomic E-state index is 4.67. The van der Waals surface area contributed by atoms with Gasteiger partial charge < -0.3 is 8.97 Å². The van der Waals surface area contributed by atoms with Gasteiger partial charge in [-0.2, -0.15) is 5.10 Å². The van der Waals surface area contributed by atoms with Gasteiger partial charge in [-0.1, -0.05) is 18.2 Å². The summed E-state index contributed by atoms with van der Waals surface area (Å²) >= 11 is 0. The quantitative estimate of drug-likeness (QED) is 0.552. The van der Waals surface area contributed by atoms with Crippen LogP contribution in [0.2, 0.25) is 0 Å². The number of rotatable bonds is 3. The summed E-state index contributed by atoms with van der Waals surface area (Å²) in [6, 6.07) is 10.2. The molecule has 0 bridgehead atoms. The van der Waals surface area contributed by atoms with Crippen molar-refractivity contribution < 1.29 is 0 Å². The van der Waals surface area contributed by atoms with Crippen molar-refractivity contribution in [1.82, 2.24) is 29.1 Å². The van der Waals surface area contributed by atoms with Crippen LogP contribution in [-0.4, -0.2) is 29.1 Å². The van der Waals surface area contributed by atoms with Crippen molar-refractivity contribution in [2.24, 2.45) is 0 Å². The van der Waals surface area contributed by atoms with Gasteiger partial charge in [0.2, 0.25) is 0 Å². The second-order valence-corrected chi connectivity index (χ2v) is 6.27. The molecule has 5 rings (SSSR count). The lowest BCUT2D eigenvalue weighted by molar-refractivity contribution is 0.779. The smallest absolute Gasteiger partial charge is 0.137 e. The number of imidazole rings is 2. The first-order valence-electron chi connectivity index (χ1n) is 8.15. The summed E-state index contributed by atoms with van der Waals surface area (Å²) < 4.78 is 4.12. The van der Waals surface area contributed by atoms with Crippen molar-refractivity contribution in [1.29, 1.82) is 0 Å². The highest BCUT2D eigenvalue weighted by Gasteiger charge is 2.09. The van der Waals surface area contributed by atoms with Crippen LogP contribution in [0.25, 0.3) is 27.8 Å². The van der Waals surface area contributed by atoms with Crippen LogP contribution in [0, 0.1) is 6.92 Å². The molecule has 0 saturated carbocycles. The lowest BCUT2D eigenvalue weighted by atomic mass is 10.1. The molecule has 0 amide bonds. The number of aromatic amines is 1. The van der Waals surface area contributed by atoms with Gasteiger partial charge in [0.1, 0.15) is 5.65 Å². The predicted molar refractivity (Wildman–Crippen MR) is 96.3 cm³/mol. The molecule has 4 aromatic heterocycles. The van der Waals surface area contributed by atoms with E-state index >= 15 is 0 Å². The molecule has 1 aromatic carbocycles. The minimum Gasteiger partial charge on any atom is -0.331 e. The van der Waals surface area contributed by atoms with Crippen molar-refractivity contribution >= 4 is 16.6 Å². The maximum Gasteiger partial charge on any atom is 0.137 e. The Labute approximate surface area is 143 Å². The van der Waals surface area contributed by atoms with E-state index in [1.807, 2.05) is 30.7 Å². The van der Waals surface area contributed by atoms with Crippen LogP contribution >= 0.6 is 0 Å². The molecule has 25 heavy (non-hydrogen) atoms. The molecule has 0 unspecified atom stereocenters. The lowest BCUT2D eigenvalue weighted by Crippen LogP contribution is -1.96. The maximum atomic E-state index is 4.67. The van der Waals surface area contributed by atoms with E-state index < -0.39 is 0 Å². The van der Waals surface area contributed by atoms with Crippen molar-refractivity contribution in [2.45, 2.75) is 13.5 Å². The number of hydrogen-bond donors (Lipinski definition) is 1. The Hall–Kier alpha value is -3.41. The van der Waals surface area contributed by atoms with Gasteiger partial charge in [-0.25, -0.2) is 9.97 Å². The zero-order valence-corrected chi connectivity index (χ0v) is 13.7. The predicted octanol–water partition coefficient (Wildman–Crippen LogP) is 3.43. The molecule has 0 atom stereocenters. The monoisotopic (exact) mass is 328 g/mol. The Morgan fingerprint density at radius 1 is 1.08 bits per heavy atom. The number of hydrogen-bond acceptors (Lipinski definition) is 3. The molecule has 0 radical (unpaired) electrons. The summed E-state index contributed by atoms with van der Waals surface area (Å²) in [5.41, 5.74) is 6.22. The van der Waals surface area contributed by atoms with Crippen LogP contribution in [0.5, 0.6) is 0 Å². The number of benzene rings is 1. The van der Waals surface area contributed by atoms with Gasteiger partial charge in [0, 0.05) is 29.5 Å². The first kappa shape index (κ1) is 14.0. The number of nitrogens with zero attached hydrogens (tertiary/aromatic N) is 5. The second-order valence-electron chi connectivity index (χ2n) is 6.27. The normalized spacial score (nSPS) is 11.6. The molecule has 6 heteroatoms. The van der Waals surface area contributed by atoms with Gasteiger partial charge in [0.25, 0.3) is 0 Å². The van der Waals surface area contributed by atoms with Crippen LogP contribution in [0.15, 0.2) is 61.4 Å². The van der Waals surface area contributed by atoms with Crippen LogP contribution in [-0.2, 0) is 6.54 Å². The minimum atomic E-state index is 0.690. The molecule has 0 spiro atoms. The van der Waals surface area contributed by atoms with Gasteiger partial charge in [-0.05, 0) is 24.6 Å². The van der Waals surface area contributed by atoms with E-state index in [1.165, 1.54) is 5.56 Å². The average molecular weight is 328 g/mol. The van der Waals surface area contributed by atoms with Gasteiger partial charge in [-0.15, -0.1) is 0 Å².